The van der Waals surface area contributed by atoms with Gasteiger partial charge >= 0.3 is 12.1 Å². The van der Waals surface area contributed by atoms with Gasteiger partial charge in [0, 0.05) is 17.7 Å². The average Bonchev–Trinajstić information content (AvgIpc) is 2.78. The lowest BCUT2D eigenvalue weighted by molar-refractivity contribution is -0.143. The van der Waals surface area contributed by atoms with Crippen LogP contribution in [0.4, 0.5) is 10.5 Å². The number of aliphatic carboxylic acids is 1. The Bertz CT molecular complexity index is 949. The molecule has 0 radical (unpaired) electrons. The molecule has 0 aliphatic heterocycles. The summed E-state index contributed by atoms with van der Waals surface area (Å²) in [5.74, 6) is 3.12. The number of anilines is 1. The van der Waals surface area contributed by atoms with Crippen molar-refractivity contribution in [1.82, 2.24) is 10.4 Å². The summed E-state index contributed by atoms with van der Waals surface area (Å²) >= 11 is 0. The molecule has 0 heterocycles. The van der Waals surface area contributed by atoms with Crippen molar-refractivity contribution in [3.8, 4) is 0 Å². The lowest BCUT2D eigenvalue weighted by Gasteiger charge is -2.29. The predicted octanol–water partition coefficient (Wildman–Crippen LogP) is 2.44. The second-order valence-electron chi connectivity index (χ2n) is 7.33. The molecule has 0 spiro atoms. The van der Waals surface area contributed by atoms with E-state index in [1.54, 1.807) is 42.5 Å². The number of nitrogens with two attached hydrogens (primary N) is 1. The third-order valence-corrected chi connectivity index (χ3v) is 4.26. The normalized spacial score (nSPS) is 11.7. The number of hydrazone groups is 1. The van der Waals surface area contributed by atoms with E-state index < -0.39 is 24.0 Å². The first-order chi connectivity index (χ1) is 15.3. The summed E-state index contributed by atoms with van der Waals surface area (Å²) < 4.78 is 5.21. The third-order valence-electron chi connectivity index (χ3n) is 4.26. The quantitative estimate of drug-likeness (QED) is 0.202. The van der Waals surface area contributed by atoms with Gasteiger partial charge in [0.15, 0.2) is 6.04 Å². The molecule has 2 aromatic rings. The maximum absolute atomic E-state index is 12.9. The van der Waals surface area contributed by atoms with Gasteiger partial charge in [0.1, 0.15) is 6.34 Å². The number of nitrogens with zero attached hydrogens (tertiary/aromatic N) is 2. The number of carbonyl (C=O) groups excluding carboxylic acids is 2. The molecule has 0 aromatic heterocycles. The van der Waals surface area contributed by atoms with Crippen LogP contribution in [0.15, 0.2) is 59.7 Å². The van der Waals surface area contributed by atoms with Crippen LogP contribution in [0.25, 0.3) is 0 Å². The minimum Gasteiger partial charge on any atom is -0.480 e. The summed E-state index contributed by atoms with van der Waals surface area (Å²) in [7, 11) is 0. The topological polar surface area (TPSA) is 146 Å². The molecule has 10 nitrogen and oxygen atoms in total. The molecule has 10 heteroatoms. The fourth-order valence-electron chi connectivity index (χ4n) is 2.72. The van der Waals surface area contributed by atoms with Gasteiger partial charge < -0.3 is 21.0 Å². The lowest BCUT2D eigenvalue weighted by Crippen LogP contribution is -2.56. The molecule has 0 fully saturated rings. The standard InChI is InChI=1S/C22H27N5O5/c1-15(2)13-32-22(31)27(19(21(29)30)11-16-7-4-3-5-8-16)26-20(28)17-9-6-10-18(12-17)24-14-25-23/h3-10,12,14-15,19H,11,13,23H2,1-2H3,(H,24,25)(H,26,28)(H,29,30)/t19-/m0/s1. The molecule has 2 aromatic carbocycles. The molecule has 0 aliphatic carbocycles. The Labute approximate surface area is 186 Å². The van der Waals surface area contributed by atoms with Crippen LogP contribution in [0, 0.1) is 5.92 Å². The van der Waals surface area contributed by atoms with E-state index in [0.29, 0.717) is 11.3 Å². The van der Waals surface area contributed by atoms with Crippen LogP contribution in [0.2, 0.25) is 0 Å². The Morgan fingerprint density at radius 3 is 2.50 bits per heavy atom. The first kappa shape index (κ1) is 24.2. The van der Waals surface area contributed by atoms with E-state index in [9.17, 15) is 19.5 Å². The van der Waals surface area contributed by atoms with Crippen LogP contribution in [-0.4, -0.2) is 47.1 Å². The summed E-state index contributed by atoms with van der Waals surface area (Å²) in [6, 6.07) is 13.7. The zero-order valence-electron chi connectivity index (χ0n) is 17.9. The van der Waals surface area contributed by atoms with Crippen LogP contribution in [-0.2, 0) is 16.0 Å². The van der Waals surface area contributed by atoms with Gasteiger partial charge in [-0.15, -0.1) is 0 Å². The second kappa shape index (κ2) is 11.9. The predicted molar refractivity (Wildman–Crippen MR) is 120 cm³/mol. The smallest absolute Gasteiger partial charge is 0.429 e. The Hall–Kier alpha value is -4.08. The molecule has 32 heavy (non-hydrogen) atoms. The van der Waals surface area contributed by atoms with E-state index >= 15 is 0 Å². The maximum atomic E-state index is 12.9. The summed E-state index contributed by atoms with van der Waals surface area (Å²) in [5.41, 5.74) is 3.79. The summed E-state index contributed by atoms with van der Waals surface area (Å²) in [6.45, 7) is 3.76. The number of nitrogens with one attached hydrogen (secondary N) is 2. The molecule has 0 unspecified atom stereocenters. The molecular formula is C22H27N5O5. The van der Waals surface area contributed by atoms with Crippen molar-refractivity contribution in [2.24, 2.45) is 16.9 Å². The van der Waals surface area contributed by atoms with E-state index in [2.05, 4.69) is 15.8 Å². The van der Waals surface area contributed by atoms with Gasteiger partial charge in [-0.2, -0.15) is 5.10 Å². The van der Waals surface area contributed by atoms with Crippen LogP contribution in [0.1, 0.15) is 29.8 Å². The van der Waals surface area contributed by atoms with Crippen LogP contribution in [0.3, 0.4) is 0 Å². The fourth-order valence-corrected chi connectivity index (χ4v) is 2.72. The molecule has 5 N–H and O–H groups in total. The van der Waals surface area contributed by atoms with Gasteiger partial charge in [-0.3, -0.25) is 10.2 Å². The fraction of sp³-hybridized carbons (Fsp3) is 0.273. The number of carboxylic acids is 1. The number of benzene rings is 2. The van der Waals surface area contributed by atoms with Gasteiger partial charge in [0.05, 0.1) is 6.61 Å². The lowest BCUT2D eigenvalue weighted by atomic mass is 10.1. The number of hydrogen-bond donors (Lipinski definition) is 4. The number of ether oxygens (including phenoxy) is 1. The Morgan fingerprint density at radius 2 is 1.88 bits per heavy atom. The first-order valence-electron chi connectivity index (χ1n) is 9.93. The largest absolute Gasteiger partial charge is 0.480 e. The van der Waals surface area contributed by atoms with Gasteiger partial charge in [-0.1, -0.05) is 50.2 Å². The first-order valence-corrected chi connectivity index (χ1v) is 9.93. The summed E-state index contributed by atoms with van der Waals surface area (Å²) in [6.07, 6.45) is 0.259. The van der Waals surface area contributed by atoms with E-state index in [4.69, 9.17) is 10.6 Å². The molecule has 1 atom stereocenters. The number of rotatable bonds is 9. The number of carbonyl (C=O) groups is 3. The zero-order valence-corrected chi connectivity index (χ0v) is 17.9. The molecule has 0 aliphatic rings. The summed E-state index contributed by atoms with van der Waals surface area (Å²) in [5, 5.41) is 16.6. The van der Waals surface area contributed by atoms with E-state index in [1.807, 2.05) is 13.8 Å². The van der Waals surface area contributed by atoms with E-state index in [-0.39, 0.29) is 24.5 Å². The average molecular weight is 441 g/mol. The Morgan fingerprint density at radius 1 is 1.16 bits per heavy atom. The highest BCUT2D eigenvalue weighted by Crippen LogP contribution is 2.13. The highest BCUT2D eigenvalue weighted by atomic mass is 16.6. The molecule has 2 amide bonds. The number of hydrogen-bond acceptors (Lipinski definition) is 6. The van der Waals surface area contributed by atoms with Crippen LogP contribution >= 0.6 is 0 Å². The third kappa shape index (κ3) is 7.31. The molecular weight excluding hydrogens is 414 g/mol. The monoisotopic (exact) mass is 441 g/mol. The number of hydrazine groups is 1. The van der Waals surface area contributed by atoms with Crippen LogP contribution < -0.4 is 16.6 Å². The van der Waals surface area contributed by atoms with Gasteiger partial charge in [-0.05, 0) is 29.7 Å². The molecule has 170 valence electrons. The van der Waals surface area contributed by atoms with Crippen molar-refractivity contribution in [3.63, 3.8) is 0 Å². The highest BCUT2D eigenvalue weighted by Gasteiger charge is 2.33. The van der Waals surface area contributed by atoms with Crippen molar-refractivity contribution >= 4 is 30.0 Å². The van der Waals surface area contributed by atoms with Crippen molar-refractivity contribution < 1.29 is 24.2 Å². The van der Waals surface area contributed by atoms with Crippen molar-refractivity contribution in [2.75, 3.05) is 11.9 Å². The number of carboxylic acid groups (broad SMARTS) is 1. The van der Waals surface area contributed by atoms with E-state index in [1.165, 1.54) is 18.5 Å². The zero-order chi connectivity index (χ0) is 23.5. The van der Waals surface area contributed by atoms with Gasteiger partial charge in [0.2, 0.25) is 0 Å². The molecule has 2 rings (SSSR count). The van der Waals surface area contributed by atoms with Crippen molar-refractivity contribution in [1.29, 1.82) is 0 Å². The molecule has 0 bridgehead atoms. The SMILES string of the molecule is CC(C)COC(=O)N(NC(=O)c1cccc(NC=NN)c1)[C@@H](Cc1ccccc1)C(=O)O. The molecule has 0 saturated heterocycles. The maximum Gasteiger partial charge on any atom is 0.429 e. The van der Waals surface area contributed by atoms with Gasteiger partial charge in [-0.25, -0.2) is 14.6 Å². The number of amides is 2. The molecule has 0 saturated carbocycles. The Balaban J connectivity index is 2.29. The van der Waals surface area contributed by atoms with Crippen LogP contribution in [0.5, 0.6) is 0 Å². The summed E-state index contributed by atoms with van der Waals surface area (Å²) in [4.78, 5) is 37.6. The van der Waals surface area contributed by atoms with Crippen molar-refractivity contribution in [3.05, 3.63) is 65.7 Å². The minimum atomic E-state index is -1.38. The second-order valence-corrected chi connectivity index (χ2v) is 7.33. The van der Waals surface area contributed by atoms with Gasteiger partial charge in [0.25, 0.3) is 5.91 Å². The Kier molecular flexibility index (Phi) is 9.03. The van der Waals surface area contributed by atoms with E-state index in [0.717, 1.165) is 5.01 Å². The van der Waals surface area contributed by atoms with Crippen molar-refractivity contribution in [2.45, 2.75) is 26.3 Å². The highest BCUT2D eigenvalue weighted by molar-refractivity contribution is 5.97. The minimum absolute atomic E-state index is 0.0260.